The van der Waals surface area contributed by atoms with Gasteiger partial charge in [0, 0.05) is 27.1 Å². The quantitative estimate of drug-likeness (QED) is 0.249. The maximum absolute atomic E-state index is 6.15. The predicted octanol–water partition coefficient (Wildman–Crippen LogP) is 6.64. The number of nitrogens with one attached hydrogen (secondary N) is 1. The van der Waals surface area contributed by atoms with Crippen molar-refractivity contribution in [3.05, 3.63) is 73.2 Å². The van der Waals surface area contributed by atoms with Crippen LogP contribution in [0.25, 0.3) is 28.0 Å². The van der Waals surface area contributed by atoms with E-state index < -0.39 is 0 Å². The van der Waals surface area contributed by atoms with Gasteiger partial charge in [-0.05, 0) is 64.6 Å². The smallest absolute Gasteiger partial charge is 0.205 e. The maximum Gasteiger partial charge on any atom is 0.205 e. The van der Waals surface area contributed by atoms with Crippen molar-refractivity contribution in [1.82, 2.24) is 14.4 Å². The van der Waals surface area contributed by atoms with Gasteiger partial charge >= 0.3 is 0 Å². The first-order valence-electron chi connectivity index (χ1n) is 7.35. The molecule has 0 aliphatic rings. The van der Waals surface area contributed by atoms with Crippen LogP contribution in [0.2, 0.25) is 10.0 Å². The van der Waals surface area contributed by atoms with Gasteiger partial charge in [0.1, 0.15) is 5.65 Å². The minimum Gasteiger partial charge on any atom is -0.339 e. The van der Waals surface area contributed by atoms with E-state index in [0.717, 1.165) is 28.0 Å². The fourth-order valence-corrected chi connectivity index (χ4v) is 3.51. The van der Waals surface area contributed by atoms with E-state index in [-0.39, 0.29) is 0 Å². The Hall–Kier alpha value is -1.41. The van der Waals surface area contributed by atoms with E-state index >= 15 is 0 Å². The molecule has 4 aromatic rings. The molecule has 0 saturated heterocycles. The van der Waals surface area contributed by atoms with E-state index in [2.05, 4.69) is 56.8 Å². The van der Waals surface area contributed by atoms with Crippen molar-refractivity contribution in [2.45, 2.75) is 0 Å². The minimum absolute atomic E-state index is 0.492. The number of benzene rings is 2. The number of H-pyrrole nitrogens is 1. The molecule has 0 radical (unpaired) electrons. The molecule has 25 heavy (non-hydrogen) atoms. The third-order valence-electron chi connectivity index (χ3n) is 3.90. The summed E-state index contributed by atoms with van der Waals surface area (Å²) in [4.78, 5) is 7.79. The van der Waals surface area contributed by atoms with Gasteiger partial charge in [0.15, 0.2) is 0 Å². The summed E-state index contributed by atoms with van der Waals surface area (Å²) in [5.41, 5.74) is 4.77. The molecule has 0 saturated carbocycles. The molecule has 0 spiro atoms. The van der Waals surface area contributed by atoms with Crippen molar-refractivity contribution in [3.8, 4) is 22.4 Å². The lowest BCUT2D eigenvalue weighted by molar-refractivity contribution is 1.06. The van der Waals surface area contributed by atoms with Gasteiger partial charge < -0.3 is 4.98 Å². The van der Waals surface area contributed by atoms with Crippen molar-refractivity contribution in [2.75, 3.05) is 0 Å². The van der Waals surface area contributed by atoms with Crippen LogP contribution in [-0.2, 0) is 0 Å². The molecule has 7 heteroatoms. The number of imidazole rings is 1. The lowest BCUT2D eigenvalue weighted by atomic mass is 10.1. The fraction of sp³-hybridized carbons (Fsp3) is 0. The molecule has 0 amide bonds. The molecule has 4 rings (SSSR count). The third-order valence-corrected chi connectivity index (χ3v) is 5.66. The number of fused-ring (bicyclic) bond motifs is 1. The molecule has 0 unspecified atom stereocenters. The zero-order valence-electron chi connectivity index (χ0n) is 12.6. The molecular weight excluding hydrogens is 488 g/mol. The lowest BCUT2D eigenvalue weighted by Gasteiger charge is -2.04. The summed E-state index contributed by atoms with van der Waals surface area (Å²) in [7, 11) is 0. The van der Waals surface area contributed by atoms with E-state index in [0.29, 0.717) is 14.8 Å². The first-order valence-corrected chi connectivity index (χ1v) is 9.59. The number of aromatic amines is 1. The highest BCUT2D eigenvalue weighted by molar-refractivity contribution is 14.1. The standard InChI is InChI=1S/C18H10Cl2IN3S/c19-14-6-3-11(7-15(14)20)16-9-24-17(23-16)13(8-22-18(24)25)10-1-4-12(21)5-2-10/h1-9,23H. The summed E-state index contributed by atoms with van der Waals surface area (Å²) in [6.45, 7) is 0. The average molecular weight is 498 g/mol. The van der Waals surface area contributed by atoms with Crippen LogP contribution in [0.5, 0.6) is 0 Å². The summed E-state index contributed by atoms with van der Waals surface area (Å²) >= 11 is 19.8. The van der Waals surface area contributed by atoms with Crippen LogP contribution < -0.4 is 0 Å². The van der Waals surface area contributed by atoms with Gasteiger partial charge in [0.05, 0.1) is 15.7 Å². The molecule has 0 bridgehead atoms. The molecule has 0 aliphatic heterocycles. The van der Waals surface area contributed by atoms with Crippen LogP contribution in [0.1, 0.15) is 0 Å². The van der Waals surface area contributed by atoms with Gasteiger partial charge in [0.2, 0.25) is 4.77 Å². The van der Waals surface area contributed by atoms with E-state index in [4.69, 9.17) is 35.4 Å². The van der Waals surface area contributed by atoms with Gasteiger partial charge in [-0.15, -0.1) is 0 Å². The van der Waals surface area contributed by atoms with Crippen molar-refractivity contribution < 1.29 is 0 Å². The SMILES string of the molecule is S=c1ncc(-c2ccc(I)cc2)c2[nH]c(-c3ccc(Cl)c(Cl)c3)cn12. The van der Waals surface area contributed by atoms with Gasteiger partial charge in [-0.3, -0.25) is 4.40 Å². The van der Waals surface area contributed by atoms with E-state index in [1.165, 1.54) is 3.57 Å². The van der Waals surface area contributed by atoms with Crippen molar-refractivity contribution in [2.24, 2.45) is 0 Å². The minimum atomic E-state index is 0.492. The van der Waals surface area contributed by atoms with Crippen LogP contribution in [0.4, 0.5) is 0 Å². The molecule has 2 heterocycles. The first-order chi connectivity index (χ1) is 12.0. The molecule has 2 aromatic heterocycles. The molecule has 0 fully saturated rings. The summed E-state index contributed by atoms with van der Waals surface area (Å²) in [6, 6.07) is 13.8. The van der Waals surface area contributed by atoms with E-state index in [1.807, 2.05) is 22.7 Å². The van der Waals surface area contributed by atoms with Gasteiger partial charge in [-0.1, -0.05) is 41.4 Å². The molecule has 0 atom stereocenters. The second-order valence-corrected chi connectivity index (χ2v) is 7.90. The molecular formula is C18H10Cl2IN3S. The largest absolute Gasteiger partial charge is 0.339 e. The lowest BCUT2D eigenvalue weighted by Crippen LogP contribution is -1.92. The Morgan fingerprint density at radius 1 is 1.00 bits per heavy atom. The Morgan fingerprint density at radius 3 is 2.44 bits per heavy atom. The van der Waals surface area contributed by atoms with Crippen molar-refractivity contribution in [3.63, 3.8) is 0 Å². The summed E-state index contributed by atoms with van der Waals surface area (Å²) in [5, 5.41) is 1.04. The summed E-state index contributed by atoms with van der Waals surface area (Å²) in [6.07, 6.45) is 3.73. The van der Waals surface area contributed by atoms with Crippen molar-refractivity contribution in [1.29, 1.82) is 0 Å². The topological polar surface area (TPSA) is 33.1 Å². The van der Waals surface area contributed by atoms with Gasteiger partial charge in [0.25, 0.3) is 0 Å². The number of rotatable bonds is 2. The average Bonchev–Trinajstić information content (AvgIpc) is 3.05. The Balaban J connectivity index is 1.94. The number of hydrogen-bond acceptors (Lipinski definition) is 2. The van der Waals surface area contributed by atoms with Gasteiger partial charge in [-0.2, -0.15) is 0 Å². The van der Waals surface area contributed by atoms with Crippen LogP contribution >= 0.6 is 58.0 Å². The molecule has 0 aliphatic carbocycles. The first kappa shape index (κ1) is 17.0. The predicted molar refractivity (Wildman–Crippen MR) is 114 cm³/mol. The third kappa shape index (κ3) is 3.21. The second-order valence-electron chi connectivity index (χ2n) is 5.48. The maximum atomic E-state index is 6.15. The van der Waals surface area contributed by atoms with Crippen molar-refractivity contribution >= 4 is 63.7 Å². The molecule has 1 N–H and O–H groups in total. The Bertz CT molecular complexity index is 1150. The molecule has 124 valence electrons. The Morgan fingerprint density at radius 2 is 1.72 bits per heavy atom. The highest BCUT2D eigenvalue weighted by Gasteiger charge is 2.11. The van der Waals surface area contributed by atoms with Crippen LogP contribution in [0.3, 0.4) is 0 Å². The van der Waals surface area contributed by atoms with E-state index in [9.17, 15) is 0 Å². The summed E-state index contributed by atoms with van der Waals surface area (Å²) < 4.78 is 3.55. The fourth-order valence-electron chi connectivity index (χ4n) is 2.66. The normalized spacial score (nSPS) is 11.2. The molecule has 2 aromatic carbocycles. The molecule has 3 nitrogen and oxygen atoms in total. The van der Waals surface area contributed by atoms with Crippen LogP contribution in [0, 0.1) is 8.34 Å². The highest BCUT2D eigenvalue weighted by atomic mass is 127. The van der Waals surface area contributed by atoms with Crippen LogP contribution in [0.15, 0.2) is 54.9 Å². The zero-order valence-corrected chi connectivity index (χ0v) is 17.1. The van der Waals surface area contributed by atoms with Gasteiger partial charge in [-0.25, -0.2) is 4.98 Å². The monoisotopic (exact) mass is 497 g/mol. The Labute approximate surface area is 172 Å². The number of nitrogens with zero attached hydrogens (tertiary/aromatic N) is 2. The number of hydrogen-bond donors (Lipinski definition) is 1. The number of aromatic nitrogens is 3. The van der Waals surface area contributed by atoms with Crippen LogP contribution in [-0.4, -0.2) is 14.4 Å². The Kier molecular flexibility index (Phi) is 4.58. The summed E-state index contributed by atoms with van der Waals surface area (Å²) in [5.74, 6) is 0. The highest BCUT2D eigenvalue weighted by Crippen LogP contribution is 2.30. The van der Waals surface area contributed by atoms with E-state index in [1.54, 1.807) is 12.3 Å². The second kappa shape index (κ2) is 6.72. The zero-order chi connectivity index (χ0) is 17.6. The number of halogens is 3.